The molecule has 0 spiro atoms. The van der Waals surface area contributed by atoms with Crippen LogP contribution >= 0.6 is 0 Å². The van der Waals surface area contributed by atoms with E-state index in [1.54, 1.807) is 37.3 Å². The number of esters is 1. The molecule has 2 amide bonds. The summed E-state index contributed by atoms with van der Waals surface area (Å²) < 4.78 is 17.9. The smallest absolute Gasteiger partial charge is 0.325 e. The monoisotopic (exact) mass is 358 g/mol. The molecule has 136 valence electrons. The quantitative estimate of drug-likeness (QED) is 0.770. The van der Waals surface area contributed by atoms with Crippen LogP contribution < -0.4 is 10.2 Å². The molecule has 6 nitrogen and oxygen atoms in total. The summed E-state index contributed by atoms with van der Waals surface area (Å²) in [7, 11) is 0. The number of hydrogen-bond acceptors (Lipinski definition) is 4. The number of rotatable bonds is 7. The standard InChI is InChI=1S/C19H19FN2O4/c1-2-22(16-10-8-15(20)9-11-16)17(23)13-26-18(24)12-21-19(25)14-6-4-3-5-7-14/h3-11H,2,12-13H2,1H3,(H,21,25). The van der Waals surface area contributed by atoms with Gasteiger partial charge in [0.2, 0.25) is 0 Å². The second kappa shape index (κ2) is 9.31. The molecule has 0 fully saturated rings. The van der Waals surface area contributed by atoms with Gasteiger partial charge < -0.3 is 15.0 Å². The number of carbonyl (C=O) groups excluding carboxylic acids is 3. The maximum Gasteiger partial charge on any atom is 0.325 e. The van der Waals surface area contributed by atoms with E-state index in [4.69, 9.17) is 4.74 Å². The molecule has 0 aliphatic carbocycles. The van der Waals surface area contributed by atoms with Crippen LogP contribution in [0.1, 0.15) is 17.3 Å². The van der Waals surface area contributed by atoms with Gasteiger partial charge in [-0.3, -0.25) is 14.4 Å². The predicted molar refractivity (Wildman–Crippen MR) is 94.2 cm³/mol. The SMILES string of the molecule is CCN(C(=O)COC(=O)CNC(=O)c1ccccc1)c1ccc(F)cc1. The lowest BCUT2D eigenvalue weighted by molar-refractivity contribution is -0.146. The fraction of sp³-hybridized carbons (Fsp3) is 0.211. The molecule has 0 heterocycles. The topological polar surface area (TPSA) is 75.7 Å². The highest BCUT2D eigenvalue weighted by Crippen LogP contribution is 2.14. The Morgan fingerprint density at radius 3 is 2.31 bits per heavy atom. The second-order valence-electron chi connectivity index (χ2n) is 5.32. The van der Waals surface area contributed by atoms with Gasteiger partial charge >= 0.3 is 5.97 Å². The van der Waals surface area contributed by atoms with Crippen molar-refractivity contribution in [1.82, 2.24) is 5.32 Å². The van der Waals surface area contributed by atoms with Crippen LogP contribution in [0.15, 0.2) is 54.6 Å². The van der Waals surface area contributed by atoms with Crippen LogP contribution in [0.25, 0.3) is 0 Å². The summed E-state index contributed by atoms with van der Waals surface area (Å²) in [6.07, 6.45) is 0. The lowest BCUT2D eigenvalue weighted by atomic mass is 10.2. The first-order valence-electron chi connectivity index (χ1n) is 8.06. The molecule has 0 unspecified atom stereocenters. The van der Waals surface area contributed by atoms with E-state index in [2.05, 4.69) is 5.32 Å². The number of hydrogen-bond donors (Lipinski definition) is 1. The van der Waals surface area contributed by atoms with Crippen molar-refractivity contribution in [2.45, 2.75) is 6.92 Å². The summed E-state index contributed by atoms with van der Waals surface area (Å²) in [6.45, 7) is 1.28. The summed E-state index contributed by atoms with van der Waals surface area (Å²) in [4.78, 5) is 37.1. The van der Waals surface area contributed by atoms with E-state index in [1.807, 2.05) is 0 Å². The number of nitrogens with zero attached hydrogens (tertiary/aromatic N) is 1. The molecular weight excluding hydrogens is 339 g/mol. The summed E-state index contributed by atoms with van der Waals surface area (Å²) >= 11 is 0. The Labute approximate surface area is 150 Å². The van der Waals surface area contributed by atoms with Gasteiger partial charge in [-0.1, -0.05) is 18.2 Å². The molecule has 0 saturated heterocycles. The number of carbonyl (C=O) groups is 3. The fourth-order valence-corrected chi connectivity index (χ4v) is 2.24. The number of likely N-dealkylation sites (N-methyl/N-ethyl adjacent to an activating group) is 1. The third-order valence-electron chi connectivity index (χ3n) is 3.54. The van der Waals surface area contributed by atoms with Crippen molar-refractivity contribution in [3.63, 3.8) is 0 Å². The molecule has 7 heteroatoms. The van der Waals surface area contributed by atoms with Crippen molar-refractivity contribution in [2.75, 3.05) is 24.6 Å². The van der Waals surface area contributed by atoms with Crippen LogP contribution in [0.2, 0.25) is 0 Å². The molecule has 26 heavy (non-hydrogen) atoms. The van der Waals surface area contributed by atoms with Gasteiger partial charge in [-0.25, -0.2) is 4.39 Å². The van der Waals surface area contributed by atoms with Crippen molar-refractivity contribution < 1.29 is 23.5 Å². The summed E-state index contributed by atoms with van der Waals surface area (Å²) in [5, 5.41) is 2.42. The van der Waals surface area contributed by atoms with Crippen LogP contribution in [0.3, 0.4) is 0 Å². The minimum absolute atomic E-state index is 0.340. The molecule has 0 aromatic heterocycles. The second-order valence-corrected chi connectivity index (χ2v) is 5.32. The Morgan fingerprint density at radius 2 is 1.69 bits per heavy atom. The maximum atomic E-state index is 13.0. The number of anilines is 1. The minimum atomic E-state index is -0.724. The van der Waals surface area contributed by atoms with Crippen LogP contribution in [-0.4, -0.2) is 37.5 Å². The van der Waals surface area contributed by atoms with Crippen LogP contribution in [-0.2, 0) is 14.3 Å². The van der Waals surface area contributed by atoms with Gasteiger partial charge in [-0.05, 0) is 43.3 Å². The first-order valence-corrected chi connectivity index (χ1v) is 8.06. The summed E-state index contributed by atoms with van der Waals surface area (Å²) in [5.74, 6) is -1.98. The van der Waals surface area contributed by atoms with Gasteiger partial charge in [0.05, 0.1) is 0 Å². The first-order chi connectivity index (χ1) is 12.5. The largest absolute Gasteiger partial charge is 0.454 e. The van der Waals surface area contributed by atoms with E-state index in [1.165, 1.54) is 29.2 Å². The van der Waals surface area contributed by atoms with Gasteiger partial charge in [0.25, 0.3) is 11.8 Å². The molecule has 0 aliphatic heterocycles. The zero-order valence-electron chi connectivity index (χ0n) is 14.3. The van der Waals surface area contributed by atoms with E-state index in [0.717, 1.165) is 0 Å². The molecule has 0 aliphatic rings. The average Bonchev–Trinajstić information content (AvgIpc) is 2.67. The molecule has 0 saturated carbocycles. The molecule has 0 atom stereocenters. The number of nitrogens with one attached hydrogen (secondary N) is 1. The van der Waals surface area contributed by atoms with Crippen molar-refractivity contribution in [3.05, 3.63) is 66.0 Å². The highest BCUT2D eigenvalue weighted by Gasteiger charge is 2.16. The summed E-state index contributed by atoms with van der Waals surface area (Å²) in [5.41, 5.74) is 0.928. The molecule has 0 radical (unpaired) electrons. The van der Waals surface area contributed by atoms with Crippen LogP contribution in [0, 0.1) is 5.82 Å². The molecule has 2 rings (SSSR count). The van der Waals surface area contributed by atoms with Crippen molar-refractivity contribution in [2.24, 2.45) is 0 Å². The van der Waals surface area contributed by atoms with Crippen LogP contribution in [0.5, 0.6) is 0 Å². The number of amides is 2. The number of halogens is 1. The summed E-state index contributed by atoms with van der Waals surface area (Å²) in [6, 6.07) is 13.9. The average molecular weight is 358 g/mol. The lowest BCUT2D eigenvalue weighted by Gasteiger charge is -2.20. The predicted octanol–water partition coefficient (Wildman–Crippen LogP) is 2.15. The number of benzene rings is 2. The number of ether oxygens (including phenoxy) is 1. The van der Waals surface area contributed by atoms with Gasteiger partial charge in [0.15, 0.2) is 6.61 Å². The van der Waals surface area contributed by atoms with E-state index in [-0.39, 0.29) is 6.54 Å². The van der Waals surface area contributed by atoms with Gasteiger partial charge in [0, 0.05) is 17.8 Å². The maximum absolute atomic E-state index is 13.0. The van der Waals surface area contributed by atoms with E-state index in [0.29, 0.717) is 17.8 Å². The van der Waals surface area contributed by atoms with E-state index in [9.17, 15) is 18.8 Å². The molecule has 2 aromatic rings. The molecule has 1 N–H and O–H groups in total. The zero-order valence-corrected chi connectivity index (χ0v) is 14.3. The van der Waals surface area contributed by atoms with E-state index >= 15 is 0 Å². The minimum Gasteiger partial charge on any atom is -0.454 e. The third-order valence-corrected chi connectivity index (χ3v) is 3.54. The Hall–Kier alpha value is -3.22. The zero-order chi connectivity index (χ0) is 18.9. The normalized spacial score (nSPS) is 10.1. The van der Waals surface area contributed by atoms with Gasteiger partial charge in [-0.2, -0.15) is 0 Å². The third kappa shape index (κ3) is 5.41. The highest BCUT2D eigenvalue weighted by molar-refractivity contribution is 5.97. The molecule has 0 bridgehead atoms. The molecular formula is C19H19FN2O4. The highest BCUT2D eigenvalue weighted by atomic mass is 19.1. The Kier molecular flexibility index (Phi) is 6.84. The Morgan fingerprint density at radius 1 is 1.04 bits per heavy atom. The fourth-order valence-electron chi connectivity index (χ4n) is 2.24. The van der Waals surface area contributed by atoms with E-state index < -0.39 is 30.2 Å². The van der Waals surface area contributed by atoms with Crippen molar-refractivity contribution in [3.8, 4) is 0 Å². The Balaban J connectivity index is 1.81. The van der Waals surface area contributed by atoms with Crippen molar-refractivity contribution in [1.29, 1.82) is 0 Å². The van der Waals surface area contributed by atoms with Crippen molar-refractivity contribution >= 4 is 23.5 Å². The lowest BCUT2D eigenvalue weighted by Crippen LogP contribution is -2.36. The van der Waals surface area contributed by atoms with Gasteiger partial charge in [-0.15, -0.1) is 0 Å². The molecule has 2 aromatic carbocycles. The Bertz CT molecular complexity index is 763. The van der Waals surface area contributed by atoms with Gasteiger partial charge in [0.1, 0.15) is 12.4 Å². The van der Waals surface area contributed by atoms with Crippen LogP contribution in [0.4, 0.5) is 10.1 Å². The first kappa shape index (κ1) is 19.1.